The van der Waals surface area contributed by atoms with E-state index in [2.05, 4.69) is 9.88 Å². The van der Waals surface area contributed by atoms with Gasteiger partial charge in [0.05, 0.1) is 6.26 Å². The van der Waals surface area contributed by atoms with Gasteiger partial charge in [-0.3, -0.25) is 4.79 Å². The van der Waals surface area contributed by atoms with Crippen LogP contribution in [0.5, 0.6) is 0 Å². The Balaban J connectivity index is 1.61. The molecule has 162 valence electrons. The smallest absolute Gasteiger partial charge is 0.289 e. The van der Waals surface area contributed by atoms with E-state index in [0.29, 0.717) is 61.2 Å². The maximum absolute atomic E-state index is 14.5. The molecular weight excluding hydrogens is 419 g/mol. The maximum atomic E-state index is 14.5. The Morgan fingerprint density at radius 3 is 2.55 bits per heavy atom. The molecule has 2 aromatic heterocycles. The Bertz CT molecular complexity index is 1060. The second-order valence-corrected chi connectivity index (χ2v) is 7.91. The quantitative estimate of drug-likeness (QED) is 0.590. The Kier molecular flexibility index (Phi) is 6.23. The molecule has 1 aliphatic heterocycles. The van der Waals surface area contributed by atoms with Crippen molar-refractivity contribution in [2.24, 2.45) is 0 Å². The fraction of sp³-hybridized carbons (Fsp3) is 0.348. The monoisotopic (exact) mass is 442 g/mol. The van der Waals surface area contributed by atoms with Crippen LogP contribution in [-0.2, 0) is 12.8 Å². The van der Waals surface area contributed by atoms with E-state index in [1.54, 1.807) is 29.2 Å². The molecule has 0 spiro atoms. The summed E-state index contributed by atoms with van der Waals surface area (Å²) in [6, 6.07) is 8.09. The molecule has 0 aliphatic carbocycles. The summed E-state index contributed by atoms with van der Waals surface area (Å²) >= 11 is 6.30. The van der Waals surface area contributed by atoms with Gasteiger partial charge in [0.15, 0.2) is 5.76 Å². The number of carbonyl (C=O) groups is 1. The molecule has 1 fully saturated rings. The molecule has 6 nitrogen and oxygen atoms in total. The summed E-state index contributed by atoms with van der Waals surface area (Å²) in [5.74, 6) is 1.35. The second kappa shape index (κ2) is 9.06. The van der Waals surface area contributed by atoms with Crippen molar-refractivity contribution in [1.82, 2.24) is 14.9 Å². The Hall–Kier alpha value is -2.93. The maximum Gasteiger partial charge on any atom is 0.289 e. The van der Waals surface area contributed by atoms with Crippen molar-refractivity contribution in [3.8, 4) is 0 Å². The lowest BCUT2D eigenvalue weighted by Gasteiger charge is -2.36. The summed E-state index contributed by atoms with van der Waals surface area (Å²) < 4.78 is 19.7. The molecule has 1 saturated heterocycles. The molecule has 1 aliphatic rings. The van der Waals surface area contributed by atoms with E-state index in [9.17, 15) is 9.18 Å². The summed E-state index contributed by atoms with van der Waals surface area (Å²) in [5, 5.41) is 0.391. The standard InChI is InChI=1S/C23H24ClFN4O2/c1-3-20-17(14-16-18(24)6-4-7-19(16)25)22(27-15(2)26-20)28-9-11-29(12-10-28)23(30)21-8-5-13-31-21/h4-8,13H,3,9-12,14H2,1-2H3. The van der Waals surface area contributed by atoms with Crippen LogP contribution in [0.2, 0.25) is 5.02 Å². The van der Waals surface area contributed by atoms with Gasteiger partial charge >= 0.3 is 0 Å². The van der Waals surface area contributed by atoms with E-state index in [1.165, 1.54) is 12.3 Å². The average molecular weight is 443 g/mol. The molecule has 1 aromatic carbocycles. The van der Waals surface area contributed by atoms with Gasteiger partial charge in [-0.15, -0.1) is 0 Å². The van der Waals surface area contributed by atoms with Crippen molar-refractivity contribution < 1.29 is 13.6 Å². The van der Waals surface area contributed by atoms with Gasteiger partial charge in [-0.2, -0.15) is 0 Å². The summed E-state index contributed by atoms with van der Waals surface area (Å²) in [4.78, 5) is 25.8. The summed E-state index contributed by atoms with van der Waals surface area (Å²) in [5.41, 5.74) is 2.21. The first-order valence-corrected chi connectivity index (χ1v) is 10.7. The molecule has 3 heterocycles. The molecule has 0 radical (unpaired) electrons. The van der Waals surface area contributed by atoms with Crippen molar-refractivity contribution in [2.45, 2.75) is 26.7 Å². The van der Waals surface area contributed by atoms with Crippen molar-refractivity contribution in [1.29, 1.82) is 0 Å². The molecule has 3 aromatic rings. The molecule has 0 N–H and O–H groups in total. The molecule has 0 bridgehead atoms. The van der Waals surface area contributed by atoms with E-state index >= 15 is 0 Å². The Morgan fingerprint density at radius 1 is 1.13 bits per heavy atom. The van der Waals surface area contributed by atoms with Crippen molar-refractivity contribution >= 4 is 23.3 Å². The summed E-state index contributed by atoms with van der Waals surface area (Å²) in [6.45, 7) is 6.21. The molecular formula is C23H24ClFN4O2. The second-order valence-electron chi connectivity index (χ2n) is 7.51. The van der Waals surface area contributed by atoms with E-state index in [0.717, 1.165) is 17.1 Å². The van der Waals surface area contributed by atoms with Crippen LogP contribution >= 0.6 is 11.6 Å². The molecule has 0 atom stereocenters. The molecule has 31 heavy (non-hydrogen) atoms. The van der Waals surface area contributed by atoms with E-state index in [4.69, 9.17) is 21.0 Å². The minimum atomic E-state index is -0.338. The molecule has 0 unspecified atom stereocenters. The summed E-state index contributed by atoms with van der Waals surface area (Å²) in [7, 11) is 0. The third kappa shape index (κ3) is 4.42. The van der Waals surface area contributed by atoms with Gasteiger partial charge in [0.1, 0.15) is 17.5 Å². The molecule has 0 saturated carbocycles. The molecule has 4 rings (SSSR count). The highest BCUT2D eigenvalue weighted by molar-refractivity contribution is 6.31. The minimum Gasteiger partial charge on any atom is -0.459 e. The van der Waals surface area contributed by atoms with Crippen LogP contribution in [0.1, 0.15) is 40.1 Å². The Morgan fingerprint density at radius 2 is 1.90 bits per heavy atom. The SMILES string of the molecule is CCc1nc(C)nc(N2CCN(C(=O)c3ccco3)CC2)c1Cc1c(F)cccc1Cl. The van der Waals surface area contributed by atoms with Gasteiger partial charge < -0.3 is 14.2 Å². The number of benzene rings is 1. The number of aryl methyl sites for hydroxylation is 2. The number of aromatic nitrogens is 2. The van der Waals surface area contributed by atoms with Crippen LogP contribution < -0.4 is 4.90 Å². The highest BCUT2D eigenvalue weighted by Gasteiger charge is 2.27. The predicted molar refractivity (Wildman–Crippen MR) is 117 cm³/mol. The molecule has 8 heteroatoms. The van der Waals surface area contributed by atoms with Crippen molar-refractivity contribution in [2.75, 3.05) is 31.1 Å². The lowest BCUT2D eigenvalue weighted by atomic mass is 10.0. The van der Waals surface area contributed by atoms with Gasteiger partial charge in [0, 0.05) is 54.4 Å². The van der Waals surface area contributed by atoms with Crippen LogP contribution in [0.4, 0.5) is 10.2 Å². The molecule has 1 amide bonds. The summed E-state index contributed by atoms with van der Waals surface area (Å²) in [6.07, 6.45) is 2.52. The van der Waals surface area contributed by atoms with E-state index < -0.39 is 0 Å². The highest BCUT2D eigenvalue weighted by atomic mass is 35.5. The van der Waals surface area contributed by atoms with Crippen LogP contribution in [-0.4, -0.2) is 47.0 Å². The fourth-order valence-corrected chi connectivity index (χ4v) is 4.16. The lowest BCUT2D eigenvalue weighted by molar-refractivity contribution is 0.0714. The zero-order valence-electron chi connectivity index (χ0n) is 17.6. The van der Waals surface area contributed by atoms with Crippen LogP contribution in [0.15, 0.2) is 41.0 Å². The predicted octanol–water partition coefficient (Wildman–Crippen LogP) is 4.29. The van der Waals surface area contributed by atoms with E-state index in [-0.39, 0.29) is 11.7 Å². The number of carbonyl (C=O) groups excluding carboxylic acids is 1. The normalized spacial score (nSPS) is 14.2. The average Bonchev–Trinajstić information content (AvgIpc) is 3.31. The fourth-order valence-electron chi connectivity index (χ4n) is 3.93. The lowest BCUT2D eigenvalue weighted by Crippen LogP contribution is -2.49. The number of hydrogen-bond acceptors (Lipinski definition) is 5. The number of halogens is 2. The van der Waals surface area contributed by atoms with E-state index in [1.807, 2.05) is 13.8 Å². The number of piperazine rings is 1. The number of nitrogens with zero attached hydrogens (tertiary/aromatic N) is 4. The minimum absolute atomic E-state index is 0.115. The van der Waals surface area contributed by atoms with Crippen LogP contribution in [0, 0.1) is 12.7 Å². The van der Waals surface area contributed by atoms with Crippen LogP contribution in [0.3, 0.4) is 0 Å². The third-order valence-corrected chi connectivity index (χ3v) is 5.89. The van der Waals surface area contributed by atoms with Gasteiger partial charge in [0.2, 0.25) is 0 Å². The Labute approximate surface area is 185 Å². The zero-order chi connectivity index (χ0) is 22.0. The van der Waals surface area contributed by atoms with Crippen LogP contribution in [0.25, 0.3) is 0 Å². The number of rotatable bonds is 5. The number of hydrogen-bond donors (Lipinski definition) is 0. The van der Waals surface area contributed by atoms with Gasteiger partial charge in [-0.05, 0) is 37.6 Å². The first kappa shape index (κ1) is 21.3. The zero-order valence-corrected chi connectivity index (χ0v) is 18.3. The largest absolute Gasteiger partial charge is 0.459 e. The highest BCUT2D eigenvalue weighted by Crippen LogP contribution is 2.29. The topological polar surface area (TPSA) is 62.5 Å². The third-order valence-electron chi connectivity index (χ3n) is 5.53. The van der Waals surface area contributed by atoms with Crippen molar-refractivity contribution in [3.05, 3.63) is 75.8 Å². The first-order chi connectivity index (χ1) is 15.0. The number of amides is 1. The first-order valence-electron chi connectivity index (χ1n) is 10.3. The van der Waals surface area contributed by atoms with Gasteiger partial charge in [-0.25, -0.2) is 14.4 Å². The van der Waals surface area contributed by atoms with Crippen molar-refractivity contribution in [3.63, 3.8) is 0 Å². The van der Waals surface area contributed by atoms with Gasteiger partial charge in [0.25, 0.3) is 5.91 Å². The van der Waals surface area contributed by atoms with Gasteiger partial charge in [-0.1, -0.05) is 24.6 Å². The number of furan rings is 1. The number of anilines is 1.